The summed E-state index contributed by atoms with van der Waals surface area (Å²) in [6.45, 7) is 3.92. The topological polar surface area (TPSA) is 39.2 Å². The Morgan fingerprint density at radius 2 is 2.33 bits per heavy atom. The molecule has 0 saturated heterocycles. The molecule has 0 aromatic carbocycles. The van der Waals surface area contributed by atoms with Crippen molar-refractivity contribution in [3.63, 3.8) is 0 Å². The highest BCUT2D eigenvalue weighted by Gasteiger charge is 2.01. The van der Waals surface area contributed by atoms with Crippen LogP contribution < -0.4 is 5.73 Å². The van der Waals surface area contributed by atoms with Gasteiger partial charge in [-0.2, -0.15) is 0 Å². The first-order chi connectivity index (χ1) is 5.59. The third-order valence-corrected chi connectivity index (χ3v) is 1.87. The first kappa shape index (κ1) is 9.55. The van der Waals surface area contributed by atoms with Gasteiger partial charge in [-0.3, -0.25) is 0 Å². The van der Waals surface area contributed by atoms with Gasteiger partial charge in [0.15, 0.2) is 4.67 Å². The average Bonchev–Trinajstić information content (AvgIpc) is 2.26. The zero-order valence-electron chi connectivity index (χ0n) is 7.17. The first-order valence-corrected chi connectivity index (χ1v) is 4.58. The molecule has 0 amide bonds. The minimum Gasteiger partial charge on any atom is -0.450 e. The molecule has 0 saturated carbocycles. The van der Waals surface area contributed by atoms with E-state index in [1.807, 2.05) is 32.1 Å². The Balaban J connectivity index is 2.81. The third kappa shape index (κ3) is 2.50. The van der Waals surface area contributed by atoms with Crippen LogP contribution in [0, 0.1) is 6.92 Å². The minimum absolute atomic E-state index is 0.0632. The molecule has 2 nitrogen and oxygen atoms in total. The molecule has 0 bridgehead atoms. The van der Waals surface area contributed by atoms with Crippen molar-refractivity contribution in [3.05, 3.63) is 28.1 Å². The average molecular weight is 230 g/mol. The second kappa shape index (κ2) is 3.92. The number of nitrogens with two attached hydrogens (primary N) is 1. The van der Waals surface area contributed by atoms with Gasteiger partial charge in [-0.1, -0.05) is 6.08 Å². The predicted octanol–water partition coefficient (Wildman–Crippen LogP) is 2.71. The largest absolute Gasteiger partial charge is 0.450 e. The number of rotatable bonds is 2. The Bertz CT molecular complexity index is 289. The lowest BCUT2D eigenvalue weighted by atomic mass is 10.2. The molecule has 1 unspecified atom stereocenters. The monoisotopic (exact) mass is 229 g/mol. The maximum Gasteiger partial charge on any atom is 0.170 e. The van der Waals surface area contributed by atoms with Crippen LogP contribution in [0.4, 0.5) is 0 Å². The van der Waals surface area contributed by atoms with Crippen molar-refractivity contribution in [1.82, 2.24) is 0 Å². The van der Waals surface area contributed by atoms with Crippen LogP contribution in [0.25, 0.3) is 6.08 Å². The zero-order chi connectivity index (χ0) is 9.14. The SMILES string of the molecule is Cc1cc(Br)oc1/C=C/C(C)N. The number of hydrogen-bond acceptors (Lipinski definition) is 2. The smallest absolute Gasteiger partial charge is 0.170 e. The molecule has 0 aliphatic carbocycles. The highest BCUT2D eigenvalue weighted by Crippen LogP contribution is 2.20. The number of hydrogen-bond donors (Lipinski definition) is 1. The molecular formula is C9H12BrNO. The summed E-state index contributed by atoms with van der Waals surface area (Å²) in [5.74, 6) is 0.860. The summed E-state index contributed by atoms with van der Waals surface area (Å²) >= 11 is 3.26. The second-order valence-electron chi connectivity index (χ2n) is 2.82. The van der Waals surface area contributed by atoms with Gasteiger partial charge >= 0.3 is 0 Å². The molecule has 0 radical (unpaired) electrons. The quantitative estimate of drug-likeness (QED) is 0.848. The van der Waals surface area contributed by atoms with Crippen LogP contribution in [0.5, 0.6) is 0 Å². The van der Waals surface area contributed by atoms with Crippen molar-refractivity contribution in [3.8, 4) is 0 Å². The standard InChI is InChI=1S/C9H12BrNO/c1-6-5-9(10)12-8(6)4-3-7(2)11/h3-5,7H,11H2,1-2H3/b4-3+. The maximum atomic E-state index is 5.56. The summed E-state index contributed by atoms with van der Waals surface area (Å²) in [6.07, 6.45) is 3.79. The van der Waals surface area contributed by atoms with E-state index in [1.54, 1.807) is 0 Å². The van der Waals surface area contributed by atoms with Crippen molar-refractivity contribution >= 4 is 22.0 Å². The fraction of sp³-hybridized carbons (Fsp3) is 0.333. The lowest BCUT2D eigenvalue weighted by molar-refractivity contribution is 0.529. The van der Waals surface area contributed by atoms with Gasteiger partial charge in [-0.05, 0) is 47.5 Å². The van der Waals surface area contributed by atoms with Gasteiger partial charge in [0, 0.05) is 6.04 Å². The summed E-state index contributed by atoms with van der Waals surface area (Å²) in [7, 11) is 0. The normalized spacial score (nSPS) is 14.0. The van der Waals surface area contributed by atoms with E-state index in [1.165, 1.54) is 0 Å². The number of aryl methyl sites for hydroxylation is 1. The fourth-order valence-electron chi connectivity index (χ4n) is 0.861. The van der Waals surface area contributed by atoms with Crippen LogP contribution in [-0.4, -0.2) is 6.04 Å². The van der Waals surface area contributed by atoms with Crippen molar-refractivity contribution in [1.29, 1.82) is 0 Å². The highest BCUT2D eigenvalue weighted by atomic mass is 79.9. The van der Waals surface area contributed by atoms with Crippen molar-refractivity contribution < 1.29 is 4.42 Å². The van der Waals surface area contributed by atoms with E-state index in [4.69, 9.17) is 10.2 Å². The molecule has 0 fully saturated rings. The van der Waals surface area contributed by atoms with Gasteiger partial charge in [0.1, 0.15) is 5.76 Å². The Morgan fingerprint density at radius 1 is 1.67 bits per heavy atom. The van der Waals surface area contributed by atoms with E-state index < -0.39 is 0 Å². The molecule has 3 heteroatoms. The van der Waals surface area contributed by atoms with E-state index in [9.17, 15) is 0 Å². The van der Waals surface area contributed by atoms with Gasteiger partial charge < -0.3 is 10.2 Å². The molecule has 1 aromatic rings. The van der Waals surface area contributed by atoms with Crippen LogP contribution in [0.2, 0.25) is 0 Å². The fourth-order valence-corrected chi connectivity index (χ4v) is 1.38. The van der Waals surface area contributed by atoms with Gasteiger partial charge in [0.2, 0.25) is 0 Å². The molecule has 2 N–H and O–H groups in total. The lowest BCUT2D eigenvalue weighted by Crippen LogP contribution is -2.09. The molecule has 0 aliphatic rings. The molecule has 0 spiro atoms. The predicted molar refractivity (Wildman–Crippen MR) is 53.8 cm³/mol. The van der Waals surface area contributed by atoms with Gasteiger partial charge in [0.05, 0.1) is 0 Å². The van der Waals surface area contributed by atoms with E-state index in [2.05, 4.69) is 15.9 Å². The van der Waals surface area contributed by atoms with Crippen LogP contribution >= 0.6 is 15.9 Å². The van der Waals surface area contributed by atoms with Crippen LogP contribution in [0.3, 0.4) is 0 Å². The minimum atomic E-state index is 0.0632. The number of halogens is 1. The summed E-state index contributed by atoms with van der Waals surface area (Å²) < 4.78 is 6.09. The second-order valence-corrected chi connectivity index (χ2v) is 3.60. The molecule has 1 atom stereocenters. The third-order valence-electron chi connectivity index (χ3n) is 1.48. The Hall–Kier alpha value is -0.540. The molecule has 12 heavy (non-hydrogen) atoms. The van der Waals surface area contributed by atoms with E-state index in [0.29, 0.717) is 0 Å². The maximum absolute atomic E-state index is 5.56. The summed E-state index contributed by atoms with van der Waals surface area (Å²) in [5, 5.41) is 0. The molecule has 0 aliphatic heterocycles. The zero-order valence-corrected chi connectivity index (χ0v) is 8.76. The summed E-state index contributed by atoms with van der Waals surface area (Å²) in [4.78, 5) is 0. The summed E-state index contributed by atoms with van der Waals surface area (Å²) in [6, 6.07) is 1.99. The Kier molecular flexibility index (Phi) is 3.12. The van der Waals surface area contributed by atoms with Crippen molar-refractivity contribution in [2.45, 2.75) is 19.9 Å². The van der Waals surface area contributed by atoms with E-state index in [0.717, 1.165) is 16.0 Å². The first-order valence-electron chi connectivity index (χ1n) is 3.79. The molecule has 1 aromatic heterocycles. The molecular weight excluding hydrogens is 218 g/mol. The van der Waals surface area contributed by atoms with Gasteiger partial charge in [0.25, 0.3) is 0 Å². The molecule has 1 rings (SSSR count). The lowest BCUT2D eigenvalue weighted by Gasteiger charge is -1.93. The van der Waals surface area contributed by atoms with Crippen LogP contribution in [0.15, 0.2) is 21.2 Å². The van der Waals surface area contributed by atoms with Crippen LogP contribution in [0.1, 0.15) is 18.2 Å². The van der Waals surface area contributed by atoms with E-state index in [-0.39, 0.29) is 6.04 Å². The Morgan fingerprint density at radius 3 is 2.75 bits per heavy atom. The van der Waals surface area contributed by atoms with Gasteiger partial charge in [-0.25, -0.2) is 0 Å². The number of furan rings is 1. The van der Waals surface area contributed by atoms with Gasteiger partial charge in [-0.15, -0.1) is 0 Å². The Labute approximate surface area is 80.6 Å². The van der Waals surface area contributed by atoms with E-state index >= 15 is 0 Å². The molecule has 1 heterocycles. The summed E-state index contributed by atoms with van der Waals surface area (Å²) in [5.41, 5.74) is 6.67. The van der Waals surface area contributed by atoms with Crippen molar-refractivity contribution in [2.24, 2.45) is 5.73 Å². The van der Waals surface area contributed by atoms with Crippen LogP contribution in [-0.2, 0) is 0 Å². The molecule has 66 valence electrons. The highest BCUT2D eigenvalue weighted by molar-refractivity contribution is 9.10. The van der Waals surface area contributed by atoms with Crippen molar-refractivity contribution in [2.75, 3.05) is 0 Å².